The van der Waals surface area contributed by atoms with Crippen LogP contribution in [0.3, 0.4) is 0 Å². The number of alkyl carbamates (subject to hydrolysis) is 1. The number of likely N-dealkylation sites (tertiary alicyclic amines) is 1. The molecular formula is C25H37FN6O5. The van der Waals surface area contributed by atoms with Gasteiger partial charge < -0.3 is 31.3 Å². The smallest absolute Gasteiger partial charge is 0.408 e. The molecule has 1 aliphatic rings. The Labute approximate surface area is 216 Å². The van der Waals surface area contributed by atoms with Gasteiger partial charge in [0.1, 0.15) is 24.9 Å². The lowest BCUT2D eigenvalue weighted by Crippen LogP contribution is -2.59. The Morgan fingerprint density at radius 1 is 1.24 bits per heavy atom. The maximum absolute atomic E-state index is 13.3. The third kappa shape index (κ3) is 9.03. The molecule has 11 nitrogen and oxygen atoms in total. The summed E-state index contributed by atoms with van der Waals surface area (Å²) in [5.74, 6) is -2.04. The summed E-state index contributed by atoms with van der Waals surface area (Å²) in [5, 5.41) is 14.9. The van der Waals surface area contributed by atoms with Crippen LogP contribution in [0.25, 0.3) is 0 Å². The first-order valence-electron chi connectivity index (χ1n) is 12.2. The summed E-state index contributed by atoms with van der Waals surface area (Å²) >= 11 is 0. The molecule has 204 valence electrons. The number of nitrogens with zero attached hydrogens (tertiary/aromatic N) is 1. The minimum Gasteiger partial charge on any atom is -0.445 e. The minimum atomic E-state index is -1.36. The van der Waals surface area contributed by atoms with Gasteiger partial charge in [-0.2, -0.15) is 0 Å². The van der Waals surface area contributed by atoms with E-state index in [1.54, 1.807) is 0 Å². The van der Waals surface area contributed by atoms with Gasteiger partial charge in [-0.15, -0.1) is 0 Å². The maximum Gasteiger partial charge on any atom is 0.408 e. The van der Waals surface area contributed by atoms with E-state index in [4.69, 9.17) is 15.9 Å². The van der Waals surface area contributed by atoms with Gasteiger partial charge in [0.15, 0.2) is 11.7 Å². The first kappa shape index (κ1) is 29.5. The number of halogens is 1. The van der Waals surface area contributed by atoms with E-state index >= 15 is 0 Å². The topological polar surface area (TPSA) is 167 Å². The summed E-state index contributed by atoms with van der Waals surface area (Å²) in [7, 11) is 0. The third-order valence-electron chi connectivity index (χ3n) is 6.08. The molecule has 1 aromatic rings. The molecule has 6 N–H and O–H groups in total. The summed E-state index contributed by atoms with van der Waals surface area (Å²) in [5.41, 5.74) is 5.74. The number of ketones is 1. The Morgan fingerprint density at radius 2 is 1.92 bits per heavy atom. The molecule has 12 heteroatoms. The zero-order chi connectivity index (χ0) is 27.6. The zero-order valence-corrected chi connectivity index (χ0v) is 21.6. The molecule has 0 saturated carbocycles. The van der Waals surface area contributed by atoms with Crippen molar-refractivity contribution in [2.24, 2.45) is 5.73 Å². The molecule has 0 radical (unpaired) electrons. The van der Waals surface area contributed by atoms with Crippen LogP contribution in [0.5, 0.6) is 0 Å². The summed E-state index contributed by atoms with van der Waals surface area (Å²) in [6.45, 7) is 4.38. The standard InChI is InChI=1S/C25H37FN6O5/c1-16-8-10-17(11-9-16)15-37-24(36)31-25(2,3)22(35)32-13-5-7-19(32)21(34)30-18(20(33)14-26)6-4-12-29-23(27)28/h8-11,18-19H,4-7,12-15H2,1-3H3,(H,30,34)(H,31,36)(H4,27,28,29)/t18-,19-/m0/s1. The number of aryl methyl sites for hydroxylation is 1. The highest BCUT2D eigenvalue weighted by Crippen LogP contribution is 2.22. The van der Waals surface area contributed by atoms with Crippen molar-refractivity contribution in [2.75, 3.05) is 19.8 Å². The largest absolute Gasteiger partial charge is 0.445 e. The minimum absolute atomic E-state index is 0.0387. The van der Waals surface area contributed by atoms with Crippen LogP contribution in [0.15, 0.2) is 24.3 Å². The van der Waals surface area contributed by atoms with Crippen molar-refractivity contribution in [3.05, 3.63) is 35.4 Å². The molecule has 0 unspecified atom stereocenters. The number of nitrogens with one attached hydrogen (secondary N) is 4. The van der Waals surface area contributed by atoms with Gasteiger partial charge in [-0.3, -0.25) is 19.8 Å². The molecule has 1 aliphatic heterocycles. The Kier molecular flexibility index (Phi) is 10.8. The number of amides is 3. The number of guanidine groups is 1. The van der Waals surface area contributed by atoms with Gasteiger partial charge in [0.2, 0.25) is 11.8 Å². The summed E-state index contributed by atoms with van der Waals surface area (Å²) in [6.07, 6.45) is 0.670. The van der Waals surface area contributed by atoms with Gasteiger partial charge >= 0.3 is 6.09 Å². The predicted octanol–water partition coefficient (Wildman–Crippen LogP) is 1.28. The second kappa shape index (κ2) is 13.6. The summed E-state index contributed by atoms with van der Waals surface area (Å²) in [4.78, 5) is 52.1. The SMILES string of the molecule is Cc1ccc(COC(=O)NC(C)(C)C(=O)N2CCC[C@H]2C(=O)N[C@@H](CCCNC(=N)N)C(=O)CF)cc1. The number of rotatable bonds is 12. The molecule has 2 atom stereocenters. The average Bonchev–Trinajstić information content (AvgIpc) is 3.34. The fourth-order valence-electron chi connectivity index (χ4n) is 4.02. The molecule has 1 saturated heterocycles. The summed E-state index contributed by atoms with van der Waals surface area (Å²) < 4.78 is 18.3. The molecule has 0 bridgehead atoms. The molecule has 37 heavy (non-hydrogen) atoms. The number of ether oxygens (including phenoxy) is 1. The lowest BCUT2D eigenvalue weighted by Gasteiger charge is -2.33. The Balaban J connectivity index is 1.96. The van der Waals surface area contributed by atoms with Gasteiger partial charge in [-0.1, -0.05) is 29.8 Å². The Bertz CT molecular complexity index is 984. The number of hydrogen-bond donors (Lipinski definition) is 5. The predicted molar refractivity (Wildman–Crippen MR) is 135 cm³/mol. The lowest BCUT2D eigenvalue weighted by atomic mass is 10.0. The number of hydrogen-bond acceptors (Lipinski definition) is 6. The van der Waals surface area contributed by atoms with Crippen molar-refractivity contribution in [1.82, 2.24) is 20.9 Å². The van der Waals surface area contributed by atoms with Gasteiger partial charge in [-0.05, 0) is 52.0 Å². The molecule has 0 aromatic heterocycles. The van der Waals surface area contributed by atoms with Crippen molar-refractivity contribution in [2.45, 2.75) is 70.7 Å². The van der Waals surface area contributed by atoms with E-state index in [0.717, 1.165) is 11.1 Å². The quantitative estimate of drug-likeness (QED) is 0.157. The molecular weight excluding hydrogens is 483 g/mol. The van der Waals surface area contributed by atoms with Crippen molar-refractivity contribution in [3.8, 4) is 0 Å². The van der Waals surface area contributed by atoms with Gasteiger partial charge in [-0.25, -0.2) is 9.18 Å². The van der Waals surface area contributed by atoms with Crippen molar-refractivity contribution < 1.29 is 28.3 Å². The third-order valence-corrected chi connectivity index (χ3v) is 6.08. The van der Waals surface area contributed by atoms with Crippen LogP contribution < -0.4 is 21.7 Å². The van der Waals surface area contributed by atoms with E-state index in [1.165, 1.54) is 18.7 Å². The maximum atomic E-state index is 13.3. The highest BCUT2D eigenvalue weighted by molar-refractivity contribution is 5.96. The van der Waals surface area contributed by atoms with Crippen LogP contribution >= 0.6 is 0 Å². The van der Waals surface area contributed by atoms with E-state index in [0.29, 0.717) is 25.8 Å². The Morgan fingerprint density at radius 3 is 2.54 bits per heavy atom. The molecule has 2 rings (SSSR count). The van der Waals surface area contributed by atoms with E-state index in [2.05, 4.69) is 16.0 Å². The highest BCUT2D eigenvalue weighted by Gasteiger charge is 2.42. The van der Waals surface area contributed by atoms with Crippen LogP contribution in [0.2, 0.25) is 0 Å². The first-order valence-corrected chi connectivity index (χ1v) is 12.2. The number of benzene rings is 1. The fourth-order valence-corrected chi connectivity index (χ4v) is 4.02. The monoisotopic (exact) mass is 520 g/mol. The van der Waals surface area contributed by atoms with Crippen molar-refractivity contribution >= 4 is 29.7 Å². The van der Waals surface area contributed by atoms with E-state index < -0.39 is 48.0 Å². The molecule has 1 aromatic carbocycles. The molecule has 0 aliphatic carbocycles. The number of alkyl halides is 1. The number of carbonyl (C=O) groups excluding carboxylic acids is 4. The number of carbonyl (C=O) groups is 4. The van der Waals surface area contributed by atoms with E-state index in [-0.39, 0.29) is 25.5 Å². The normalized spacial score (nSPS) is 16.0. The zero-order valence-electron chi connectivity index (χ0n) is 21.6. The number of nitrogens with two attached hydrogens (primary N) is 1. The van der Waals surface area contributed by atoms with Crippen LogP contribution in [-0.2, 0) is 25.7 Å². The molecule has 1 fully saturated rings. The highest BCUT2D eigenvalue weighted by atomic mass is 19.1. The Hall–Kier alpha value is -3.70. The van der Waals surface area contributed by atoms with Crippen LogP contribution in [0.4, 0.5) is 9.18 Å². The van der Waals surface area contributed by atoms with Crippen molar-refractivity contribution in [1.29, 1.82) is 5.41 Å². The number of Topliss-reactive ketones (excluding diaryl/α,β-unsaturated/α-hetero) is 1. The summed E-state index contributed by atoms with van der Waals surface area (Å²) in [6, 6.07) is 5.56. The van der Waals surface area contributed by atoms with Gasteiger partial charge in [0, 0.05) is 13.1 Å². The fraction of sp³-hybridized carbons (Fsp3) is 0.560. The van der Waals surface area contributed by atoms with Crippen LogP contribution in [-0.4, -0.2) is 71.9 Å². The van der Waals surface area contributed by atoms with Crippen molar-refractivity contribution in [3.63, 3.8) is 0 Å². The molecule has 3 amide bonds. The average molecular weight is 521 g/mol. The van der Waals surface area contributed by atoms with Gasteiger partial charge in [0.05, 0.1) is 6.04 Å². The van der Waals surface area contributed by atoms with E-state index in [9.17, 15) is 23.6 Å². The van der Waals surface area contributed by atoms with E-state index in [1.807, 2.05) is 31.2 Å². The molecule has 1 heterocycles. The van der Waals surface area contributed by atoms with Crippen LogP contribution in [0.1, 0.15) is 50.7 Å². The van der Waals surface area contributed by atoms with Gasteiger partial charge in [0.25, 0.3) is 0 Å². The molecule has 0 spiro atoms. The van der Waals surface area contributed by atoms with Crippen LogP contribution in [0, 0.1) is 12.3 Å². The second-order valence-electron chi connectivity index (χ2n) is 9.61. The lowest BCUT2D eigenvalue weighted by molar-refractivity contribution is -0.143. The first-order chi connectivity index (χ1) is 17.4. The second-order valence-corrected chi connectivity index (χ2v) is 9.61.